The lowest BCUT2D eigenvalue weighted by atomic mass is 10.9. The largest absolute Gasteiger partial charge is 0.353 e. The van der Waals surface area contributed by atoms with E-state index in [0.717, 1.165) is 0 Å². The molecule has 0 spiro atoms. The molecule has 62 valence electrons. The lowest BCUT2D eigenvalue weighted by Gasteiger charge is -1.99. The van der Waals surface area contributed by atoms with E-state index in [1.54, 1.807) is 6.92 Å². The van der Waals surface area contributed by atoms with Gasteiger partial charge in [-0.25, -0.2) is 9.57 Å². The van der Waals surface area contributed by atoms with Gasteiger partial charge in [0.25, 0.3) is 0 Å². The number of hydrogen-bond acceptors (Lipinski definition) is 6. The Bertz CT molecular complexity index is 134. The van der Waals surface area contributed by atoms with Gasteiger partial charge >= 0.3 is 16.5 Å². The van der Waals surface area contributed by atoms with Crippen LogP contribution < -0.4 is 0 Å². The van der Waals surface area contributed by atoms with Crippen molar-refractivity contribution >= 4 is 16.5 Å². The number of hydrogen-bond donors (Lipinski definition) is 1. The third kappa shape index (κ3) is 5.11. The van der Waals surface area contributed by atoms with Crippen molar-refractivity contribution < 1.29 is 27.9 Å². The van der Waals surface area contributed by atoms with Gasteiger partial charge in [0, 0.05) is 0 Å². The molecule has 6 nitrogen and oxygen atoms in total. The van der Waals surface area contributed by atoms with Crippen LogP contribution >= 0.6 is 16.5 Å². The van der Waals surface area contributed by atoms with Gasteiger partial charge in [0.1, 0.15) is 0 Å². The van der Waals surface area contributed by atoms with Crippen LogP contribution in [0, 0.1) is 0 Å². The molecular formula is C2H8O6P2. The Morgan fingerprint density at radius 3 is 2.40 bits per heavy atom. The molecule has 0 aliphatic heterocycles. The topological polar surface area (TPSA) is 82.1 Å². The summed E-state index contributed by atoms with van der Waals surface area (Å²) in [5.41, 5.74) is 0. The molecule has 0 aromatic heterocycles. The van der Waals surface area contributed by atoms with Crippen LogP contribution in [-0.4, -0.2) is 11.9 Å². The Morgan fingerprint density at radius 2 is 2.00 bits per heavy atom. The summed E-state index contributed by atoms with van der Waals surface area (Å²) in [5, 5.41) is 7.68. The van der Waals surface area contributed by atoms with Gasteiger partial charge in [0.05, 0.1) is 6.61 Å². The van der Waals surface area contributed by atoms with Gasteiger partial charge in [-0.2, -0.15) is 4.67 Å². The molecule has 0 fully saturated rings. The summed E-state index contributed by atoms with van der Waals surface area (Å²) in [6.07, 6.45) is 0. The maximum Gasteiger partial charge on any atom is 0.353 e. The molecule has 0 bridgehead atoms. The summed E-state index contributed by atoms with van der Waals surface area (Å²) in [6.45, 7) is 1.79. The van der Waals surface area contributed by atoms with Crippen molar-refractivity contribution in [2.75, 3.05) is 6.61 Å². The maximum atomic E-state index is 10.4. The van der Waals surface area contributed by atoms with Crippen LogP contribution in [0.15, 0.2) is 0 Å². The molecule has 0 aliphatic rings. The molecule has 1 N–H and O–H groups in total. The van der Waals surface area contributed by atoms with Gasteiger partial charge in [-0.3, -0.25) is 9.13 Å². The molecule has 0 radical (unpaired) electrons. The fourth-order valence-corrected chi connectivity index (χ4v) is 1.40. The highest BCUT2D eigenvalue weighted by Gasteiger charge is 2.03. The highest BCUT2D eigenvalue weighted by atomic mass is 31.2. The molecular weight excluding hydrogens is 182 g/mol. The summed E-state index contributed by atoms with van der Waals surface area (Å²) < 4.78 is 32.2. The summed E-state index contributed by atoms with van der Waals surface area (Å²) in [6, 6.07) is 0. The zero-order chi connectivity index (χ0) is 7.98. The molecule has 0 saturated carbocycles. The van der Waals surface area contributed by atoms with E-state index in [9.17, 15) is 9.13 Å². The van der Waals surface area contributed by atoms with Gasteiger partial charge in [0.15, 0.2) is 0 Å². The van der Waals surface area contributed by atoms with Crippen LogP contribution in [0.1, 0.15) is 6.92 Å². The van der Waals surface area contributed by atoms with Crippen molar-refractivity contribution in [2.45, 2.75) is 6.92 Å². The quantitative estimate of drug-likeness (QED) is 0.399. The molecule has 0 aliphatic carbocycles. The van der Waals surface area contributed by atoms with E-state index < -0.39 is 16.5 Å². The molecule has 10 heavy (non-hydrogen) atoms. The average Bonchev–Trinajstić information content (AvgIpc) is 1.88. The first-order chi connectivity index (χ1) is 4.70. The standard InChI is InChI=1S/C2H8O6P2/c1-2-6-9(4)8-10(5)7-3/h3,9-10H,2H2,1H3. The molecule has 0 amide bonds. The van der Waals surface area contributed by atoms with Gasteiger partial charge in [0.2, 0.25) is 0 Å². The Morgan fingerprint density at radius 1 is 1.40 bits per heavy atom. The predicted octanol–water partition coefficient (Wildman–Crippen LogP) is 1.31. The summed E-state index contributed by atoms with van der Waals surface area (Å²) in [5.74, 6) is 0. The highest BCUT2D eigenvalue weighted by molar-refractivity contribution is 7.47. The third-order valence-corrected chi connectivity index (χ3v) is 2.51. The normalized spacial score (nSPS) is 16.6. The molecule has 2 unspecified atom stereocenters. The lowest BCUT2D eigenvalue weighted by Crippen LogP contribution is -1.78. The fraction of sp³-hybridized carbons (Fsp3) is 1.00. The SMILES string of the molecule is CCO[PH](=O)O[PH](=O)OO. The van der Waals surface area contributed by atoms with Gasteiger partial charge in [-0.05, 0) is 6.92 Å². The van der Waals surface area contributed by atoms with Gasteiger partial charge in [-0.15, -0.1) is 0 Å². The van der Waals surface area contributed by atoms with Crippen LogP contribution in [0.2, 0.25) is 0 Å². The van der Waals surface area contributed by atoms with Crippen LogP contribution in [-0.2, 0) is 22.6 Å². The molecule has 8 heteroatoms. The van der Waals surface area contributed by atoms with Crippen LogP contribution in [0.4, 0.5) is 0 Å². The second kappa shape index (κ2) is 6.04. The number of rotatable bonds is 5. The first-order valence-electron chi connectivity index (χ1n) is 2.40. The molecule has 0 aromatic rings. The van der Waals surface area contributed by atoms with Crippen molar-refractivity contribution in [1.29, 1.82) is 0 Å². The van der Waals surface area contributed by atoms with E-state index in [4.69, 9.17) is 5.26 Å². The zero-order valence-corrected chi connectivity index (χ0v) is 7.20. The predicted molar refractivity (Wildman–Crippen MR) is 34.4 cm³/mol. The van der Waals surface area contributed by atoms with Crippen LogP contribution in [0.3, 0.4) is 0 Å². The second-order valence-corrected chi connectivity index (χ2v) is 3.41. The molecule has 2 atom stereocenters. The third-order valence-electron chi connectivity index (χ3n) is 0.503. The summed E-state index contributed by atoms with van der Waals surface area (Å²) in [4.78, 5) is 0. The van der Waals surface area contributed by atoms with E-state index >= 15 is 0 Å². The first kappa shape index (κ1) is 10.3. The lowest BCUT2D eigenvalue weighted by molar-refractivity contribution is -0.137. The van der Waals surface area contributed by atoms with E-state index in [2.05, 4.69) is 13.5 Å². The maximum absolute atomic E-state index is 10.4. The smallest absolute Gasteiger partial charge is 0.311 e. The van der Waals surface area contributed by atoms with Crippen molar-refractivity contribution in [1.82, 2.24) is 0 Å². The van der Waals surface area contributed by atoms with Crippen LogP contribution in [0.5, 0.6) is 0 Å². The monoisotopic (exact) mass is 190 g/mol. The Hall–Kier alpha value is 0.300. The van der Waals surface area contributed by atoms with E-state index in [1.165, 1.54) is 0 Å². The molecule has 0 aromatic carbocycles. The van der Waals surface area contributed by atoms with Gasteiger partial charge in [-0.1, -0.05) is 0 Å². The second-order valence-electron chi connectivity index (χ2n) is 1.13. The van der Waals surface area contributed by atoms with Crippen LogP contribution in [0.25, 0.3) is 0 Å². The average molecular weight is 190 g/mol. The van der Waals surface area contributed by atoms with E-state index in [-0.39, 0.29) is 6.61 Å². The Kier molecular flexibility index (Phi) is 6.22. The molecule has 0 saturated heterocycles. The summed E-state index contributed by atoms with van der Waals surface area (Å²) in [7, 11) is -5.79. The zero-order valence-electron chi connectivity index (χ0n) is 5.20. The van der Waals surface area contributed by atoms with Crippen molar-refractivity contribution in [2.24, 2.45) is 0 Å². The van der Waals surface area contributed by atoms with Gasteiger partial charge < -0.3 is 4.52 Å². The van der Waals surface area contributed by atoms with Crippen molar-refractivity contribution in [3.05, 3.63) is 0 Å². The minimum Gasteiger partial charge on any atom is -0.311 e. The Balaban J connectivity index is 3.47. The fourth-order valence-electron chi connectivity index (χ4n) is 0.234. The highest BCUT2D eigenvalue weighted by Crippen LogP contribution is 2.38. The minimum absolute atomic E-state index is 0.193. The minimum atomic E-state index is -3.04. The Labute approximate surface area is 58.9 Å². The van der Waals surface area contributed by atoms with Crippen molar-refractivity contribution in [3.63, 3.8) is 0 Å². The first-order valence-corrected chi connectivity index (χ1v) is 4.85. The summed E-state index contributed by atoms with van der Waals surface area (Å²) >= 11 is 0. The van der Waals surface area contributed by atoms with Crippen molar-refractivity contribution in [3.8, 4) is 0 Å². The molecule has 0 rings (SSSR count). The molecule has 0 heterocycles. The van der Waals surface area contributed by atoms with E-state index in [1.807, 2.05) is 0 Å². The van der Waals surface area contributed by atoms with E-state index in [0.29, 0.717) is 0 Å².